The Hall–Kier alpha value is -4.00. The summed E-state index contributed by atoms with van der Waals surface area (Å²) < 4.78 is 16.7. The highest BCUT2D eigenvalue weighted by Crippen LogP contribution is 2.35. The summed E-state index contributed by atoms with van der Waals surface area (Å²) in [6.07, 6.45) is 0.285. The molecule has 2 heterocycles. The van der Waals surface area contributed by atoms with Crippen LogP contribution in [0.3, 0.4) is 0 Å². The summed E-state index contributed by atoms with van der Waals surface area (Å²) in [4.78, 5) is 20.5. The minimum Gasteiger partial charge on any atom is -0.494 e. The second kappa shape index (κ2) is 8.63. The van der Waals surface area contributed by atoms with E-state index < -0.39 is 0 Å². The first-order chi connectivity index (χ1) is 15.7. The van der Waals surface area contributed by atoms with E-state index in [4.69, 9.17) is 14.2 Å². The van der Waals surface area contributed by atoms with E-state index >= 15 is 0 Å². The Morgan fingerprint density at radius 3 is 2.62 bits per heavy atom. The fourth-order valence-corrected chi connectivity index (χ4v) is 3.69. The number of ether oxygens (including phenoxy) is 3. The number of carbonyl (C=O) groups is 1. The Labute approximate surface area is 185 Å². The van der Waals surface area contributed by atoms with E-state index in [1.165, 1.54) is 0 Å². The third-order valence-corrected chi connectivity index (χ3v) is 5.16. The molecule has 1 aliphatic heterocycles. The van der Waals surface area contributed by atoms with Crippen molar-refractivity contribution >= 4 is 22.6 Å². The average Bonchev–Trinajstić information content (AvgIpc) is 3.22. The monoisotopic (exact) mass is 429 g/mol. The summed E-state index contributed by atoms with van der Waals surface area (Å²) >= 11 is 0. The fraction of sp³-hybridized carbons (Fsp3) is 0.200. The Morgan fingerprint density at radius 1 is 1.06 bits per heavy atom. The number of anilines is 1. The molecule has 1 aliphatic rings. The number of H-pyrrole nitrogens is 1. The van der Waals surface area contributed by atoms with Crippen LogP contribution >= 0.6 is 0 Å². The summed E-state index contributed by atoms with van der Waals surface area (Å²) in [5.74, 6) is 2.85. The topological polar surface area (TPSA) is 85.5 Å². The second-order valence-electron chi connectivity index (χ2n) is 7.48. The molecular weight excluding hydrogens is 406 g/mol. The van der Waals surface area contributed by atoms with Gasteiger partial charge in [-0.25, -0.2) is 4.98 Å². The van der Waals surface area contributed by atoms with Gasteiger partial charge in [0.2, 0.25) is 5.91 Å². The Bertz CT molecular complexity index is 1220. The number of amides is 1. The maximum atomic E-state index is 12.5. The summed E-state index contributed by atoms with van der Waals surface area (Å²) in [7, 11) is 0. The number of carbonyl (C=O) groups excluding carboxylic acids is 1. The molecule has 0 radical (unpaired) electrons. The van der Waals surface area contributed by atoms with Crippen LogP contribution in [0.1, 0.15) is 12.5 Å². The first-order valence-electron chi connectivity index (χ1n) is 10.6. The molecule has 5 rings (SSSR count). The molecule has 1 amide bonds. The van der Waals surface area contributed by atoms with Gasteiger partial charge in [-0.1, -0.05) is 24.3 Å². The summed E-state index contributed by atoms with van der Waals surface area (Å²) in [5.41, 5.74) is 4.18. The second-order valence-corrected chi connectivity index (χ2v) is 7.48. The zero-order chi connectivity index (χ0) is 21.9. The molecular formula is C25H23N3O4. The van der Waals surface area contributed by atoms with Crippen LogP contribution < -0.4 is 19.5 Å². The lowest BCUT2D eigenvalue weighted by Crippen LogP contribution is -2.15. The number of nitrogens with one attached hydrogen (secondary N) is 2. The van der Waals surface area contributed by atoms with Crippen molar-refractivity contribution in [2.75, 3.05) is 25.1 Å². The number of aromatic nitrogens is 2. The number of imidazole rings is 1. The van der Waals surface area contributed by atoms with Crippen LogP contribution in [0.5, 0.6) is 17.2 Å². The van der Waals surface area contributed by atoms with E-state index in [0.29, 0.717) is 42.8 Å². The van der Waals surface area contributed by atoms with Crippen LogP contribution in [0.4, 0.5) is 5.69 Å². The number of nitrogens with zero attached hydrogens (tertiary/aromatic N) is 1. The molecule has 7 nitrogen and oxygen atoms in total. The molecule has 4 aromatic rings. The zero-order valence-corrected chi connectivity index (χ0v) is 17.7. The molecule has 3 aromatic carbocycles. The van der Waals surface area contributed by atoms with Crippen molar-refractivity contribution in [3.05, 3.63) is 66.2 Å². The third kappa shape index (κ3) is 4.23. The maximum absolute atomic E-state index is 12.5. The zero-order valence-electron chi connectivity index (χ0n) is 17.7. The molecule has 32 heavy (non-hydrogen) atoms. The van der Waals surface area contributed by atoms with E-state index in [9.17, 15) is 4.79 Å². The smallest absolute Gasteiger partial charge is 0.228 e. The maximum Gasteiger partial charge on any atom is 0.228 e. The van der Waals surface area contributed by atoms with Crippen molar-refractivity contribution in [3.8, 4) is 28.6 Å². The van der Waals surface area contributed by atoms with Crippen molar-refractivity contribution in [2.45, 2.75) is 13.3 Å². The van der Waals surface area contributed by atoms with Crippen LogP contribution in [0.2, 0.25) is 0 Å². The number of aromatic amines is 1. The van der Waals surface area contributed by atoms with E-state index in [1.54, 1.807) is 0 Å². The van der Waals surface area contributed by atoms with Crippen LogP contribution in [0, 0.1) is 0 Å². The van der Waals surface area contributed by atoms with Gasteiger partial charge in [-0.05, 0) is 36.8 Å². The highest BCUT2D eigenvalue weighted by atomic mass is 16.6. The highest BCUT2D eigenvalue weighted by molar-refractivity contribution is 5.93. The molecule has 0 saturated heterocycles. The SMILES string of the molecule is CCOc1ccc(CC(=O)Nc2cccc(-c3nc4cc5c(cc4[nH]3)OCCO5)c2)cc1. The largest absolute Gasteiger partial charge is 0.494 e. The first kappa shape index (κ1) is 19.9. The van der Waals surface area contributed by atoms with Crippen LogP contribution in [0.25, 0.3) is 22.4 Å². The predicted octanol–water partition coefficient (Wildman–Crippen LogP) is 4.58. The summed E-state index contributed by atoms with van der Waals surface area (Å²) in [6.45, 7) is 3.63. The van der Waals surface area contributed by atoms with Gasteiger partial charge in [-0.3, -0.25) is 4.79 Å². The molecule has 7 heteroatoms. The molecule has 0 unspecified atom stereocenters. The van der Waals surface area contributed by atoms with Crippen molar-refractivity contribution in [1.29, 1.82) is 0 Å². The number of benzene rings is 3. The molecule has 0 atom stereocenters. The quantitative estimate of drug-likeness (QED) is 0.469. The lowest BCUT2D eigenvalue weighted by molar-refractivity contribution is -0.115. The van der Waals surface area contributed by atoms with Gasteiger partial charge in [-0.2, -0.15) is 0 Å². The van der Waals surface area contributed by atoms with Gasteiger partial charge in [0.05, 0.1) is 24.1 Å². The van der Waals surface area contributed by atoms with E-state index in [0.717, 1.165) is 27.9 Å². The molecule has 1 aromatic heterocycles. The van der Waals surface area contributed by atoms with Crippen molar-refractivity contribution in [1.82, 2.24) is 9.97 Å². The number of hydrogen-bond donors (Lipinski definition) is 2. The number of fused-ring (bicyclic) bond motifs is 2. The molecule has 162 valence electrons. The highest BCUT2D eigenvalue weighted by Gasteiger charge is 2.15. The molecule has 0 aliphatic carbocycles. The Balaban J connectivity index is 1.31. The van der Waals surface area contributed by atoms with Gasteiger partial charge < -0.3 is 24.5 Å². The minimum absolute atomic E-state index is 0.0853. The van der Waals surface area contributed by atoms with Crippen molar-refractivity contribution < 1.29 is 19.0 Å². The minimum atomic E-state index is -0.0853. The van der Waals surface area contributed by atoms with Gasteiger partial charge >= 0.3 is 0 Å². The summed E-state index contributed by atoms with van der Waals surface area (Å²) in [5, 5.41) is 2.97. The Kier molecular flexibility index (Phi) is 5.37. The summed E-state index contributed by atoms with van der Waals surface area (Å²) in [6, 6.07) is 19.0. The van der Waals surface area contributed by atoms with Crippen LogP contribution in [0.15, 0.2) is 60.7 Å². The lowest BCUT2D eigenvalue weighted by atomic mass is 10.1. The van der Waals surface area contributed by atoms with Crippen LogP contribution in [-0.4, -0.2) is 35.7 Å². The van der Waals surface area contributed by atoms with Gasteiger partial charge in [-0.15, -0.1) is 0 Å². The number of rotatable bonds is 6. The molecule has 0 bridgehead atoms. The van der Waals surface area contributed by atoms with Gasteiger partial charge in [0.15, 0.2) is 11.5 Å². The van der Waals surface area contributed by atoms with Gasteiger partial charge in [0, 0.05) is 23.4 Å². The Morgan fingerprint density at radius 2 is 1.84 bits per heavy atom. The number of hydrogen-bond acceptors (Lipinski definition) is 5. The fourth-order valence-electron chi connectivity index (χ4n) is 3.69. The molecule has 2 N–H and O–H groups in total. The molecule has 0 fully saturated rings. The lowest BCUT2D eigenvalue weighted by Gasteiger charge is -2.17. The standard InChI is InChI=1S/C25H23N3O4/c1-2-30-19-8-6-16(7-9-19)12-24(29)26-18-5-3-4-17(13-18)25-27-20-14-22-23(15-21(20)28-25)32-11-10-31-22/h3-9,13-15H,2,10-12H2,1H3,(H,26,29)(H,27,28). The normalized spacial score (nSPS) is 12.5. The third-order valence-electron chi connectivity index (χ3n) is 5.16. The molecule has 0 spiro atoms. The van der Waals surface area contributed by atoms with Crippen molar-refractivity contribution in [2.24, 2.45) is 0 Å². The van der Waals surface area contributed by atoms with Gasteiger partial charge in [0.25, 0.3) is 0 Å². The molecule has 0 saturated carbocycles. The predicted molar refractivity (Wildman–Crippen MR) is 122 cm³/mol. The van der Waals surface area contributed by atoms with E-state index in [-0.39, 0.29) is 12.3 Å². The van der Waals surface area contributed by atoms with E-state index in [1.807, 2.05) is 67.6 Å². The van der Waals surface area contributed by atoms with Crippen LogP contribution in [-0.2, 0) is 11.2 Å². The van der Waals surface area contributed by atoms with E-state index in [2.05, 4.69) is 15.3 Å². The van der Waals surface area contributed by atoms with Gasteiger partial charge in [0.1, 0.15) is 24.8 Å². The first-order valence-corrected chi connectivity index (χ1v) is 10.6. The van der Waals surface area contributed by atoms with Crippen molar-refractivity contribution in [3.63, 3.8) is 0 Å². The average molecular weight is 429 g/mol.